The molecule has 0 aromatic carbocycles. The molecule has 3 aliphatic rings. The molecule has 0 amide bonds. The van der Waals surface area contributed by atoms with Crippen molar-refractivity contribution in [1.29, 1.82) is 0 Å². The third kappa shape index (κ3) is 3.16. The first-order valence-corrected chi connectivity index (χ1v) is 8.24. The van der Waals surface area contributed by atoms with Crippen LogP contribution in [0.15, 0.2) is 10.5 Å². The van der Waals surface area contributed by atoms with Crippen molar-refractivity contribution >= 4 is 17.2 Å². The van der Waals surface area contributed by atoms with E-state index in [1.54, 1.807) is 6.08 Å². The molecule has 0 aromatic heterocycles. The zero-order valence-electron chi connectivity index (χ0n) is 12.3. The maximum atomic E-state index is 12.1. The van der Waals surface area contributed by atoms with Gasteiger partial charge in [-0.1, -0.05) is 0 Å². The summed E-state index contributed by atoms with van der Waals surface area (Å²) < 4.78 is 16.2. The molecule has 3 nitrogen and oxygen atoms in total. The Morgan fingerprint density at radius 1 is 1.42 bits per heavy atom. The molecule has 108 valence electrons. The van der Waals surface area contributed by atoms with Crippen LogP contribution in [0.5, 0.6) is 0 Å². The van der Waals surface area contributed by atoms with Crippen LogP contribution in [0.2, 0.25) is 0 Å². The number of nitrogens with zero attached hydrogens (tertiary/aromatic N) is 2. The highest BCUT2D eigenvalue weighted by atomic mass is 32.2. The lowest BCUT2D eigenvalue weighted by molar-refractivity contribution is 0.0234. The molecule has 1 unspecified atom stereocenters. The summed E-state index contributed by atoms with van der Waals surface area (Å²) in [5.74, 6) is 0.809. The summed E-state index contributed by atoms with van der Waals surface area (Å²) in [6.45, 7) is 13.4. The van der Waals surface area contributed by atoms with Crippen molar-refractivity contribution in [2.24, 2.45) is 10.3 Å². The van der Waals surface area contributed by atoms with Crippen molar-refractivity contribution in [2.75, 3.05) is 13.1 Å². The molecule has 19 heavy (non-hydrogen) atoms. The van der Waals surface area contributed by atoms with Crippen LogP contribution in [-0.4, -0.2) is 38.7 Å². The minimum atomic E-state index is -1.17. The summed E-state index contributed by atoms with van der Waals surface area (Å²) in [4.78, 5) is 2.41. The summed E-state index contributed by atoms with van der Waals surface area (Å²) in [6, 6.07) is 0. The lowest BCUT2D eigenvalue weighted by Gasteiger charge is -2.53. The predicted octanol–water partition coefficient (Wildman–Crippen LogP) is 2.75. The molecule has 3 fully saturated rings. The standard InChI is InChI=1S/C15H25N2OS/c1-5-10-17-11-13-6-8-15(17,9-7-13)12-16-19(18)14(2,3)4/h1,5,12-13H,6-11H2,2-4H3/q-1. The van der Waals surface area contributed by atoms with Crippen LogP contribution in [-0.2, 0) is 11.0 Å². The van der Waals surface area contributed by atoms with Gasteiger partial charge in [-0.2, -0.15) is 4.40 Å². The number of piperidine rings is 2. The van der Waals surface area contributed by atoms with E-state index in [1.807, 2.05) is 27.0 Å². The summed E-state index contributed by atoms with van der Waals surface area (Å²) in [6.07, 6.45) is 8.45. The Kier molecular flexibility index (Phi) is 4.31. The molecule has 0 spiro atoms. The highest BCUT2D eigenvalue weighted by molar-refractivity contribution is 7.85. The van der Waals surface area contributed by atoms with E-state index in [-0.39, 0.29) is 10.3 Å². The SMILES string of the molecule is [CH-]=CCN1CC2CCC1(C=NS(=O)C(C)(C)C)CC2. The summed E-state index contributed by atoms with van der Waals surface area (Å²) >= 11 is 0. The molecule has 0 radical (unpaired) electrons. The molecule has 3 rings (SSSR count). The minimum Gasteiger partial charge on any atom is -0.517 e. The van der Waals surface area contributed by atoms with Crippen molar-refractivity contribution < 1.29 is 4.21 Å². The van der Waals surface area contributed by atoms with E-state index in [2.05, 4.69) is 9.30 Å². The van der Waals surface area contributed by atoms with Crippen molar-refractivity contribution in [2.45, 2.75) is 56.7 Å². The first kappa shape index (κ1) is 14.9. The number of rotatable bonds is 4. The first-order chi connectivity index (χ1) is 8.87. The minimum absolute atomic E-state index is 0.00840. The largest absolute Gasteiger partial charge is 0.517 e. The molecule has 4 heteroatoms. The van der Waals surface area contributed by atoms with Gasteiger partial charge in [0.2, 0.25) is 0 Å². The molecule has 2 bridgehead atoms. The first-order valence-electron chi connectivity index (χ1n) is 7.13. The van der Waals surface area contributed by atoms with Crippen molar-refractivity contribution in [1.82, 2.24) is 4.90 Å². The Bertz CT molecular complexity index is 389. The Morgan fingerprint density at radius 2 is 2.05 bits per heavy atom. The smallest absolute Gasteiger partial charge is 0.144 e. The molecule has 2 aliphatic heterocycles. The third-order valence-electron chi connectivity index (χ3n) is 4.32. The maximum absolute atomic E-state index is 12.1. The van der Waals surface area contributed by atoms with Crippen LogP contribution in [0.3, 0.4) is 0 Å². The zero-order valence-corrected chi connectivity index (χ0v) is 13.1. The van der Waals surface area contributed by atoms with E-state index in [1.165, 1.54) is 12.8 Å². The van der Waals surface area contributed by atoms with Crippen molar-refractivity contribution in [3.05, 3.63) is 12.7 Å². The average Bonchev–Trinajstić information content (AvgIpc) is 2.37. The van der Waals surface area contributed by atoms with Gasteiger partial charge in [0.15, 0.2) is 0 Å². The summed E-state index contributed by atoms with van der Waals surface area (Å²) in [7, 11) is -1.17. The second-order valence-electron chi connectivity index (χ2n) is 6.78. The van der Waals surface area contributed by atoms with E-state index in [0.29, 0.717) is 0 Å². The van der Waals surface area contributed by atoms with Gasteiger partial charge in [-0.25, -0.2) is 4.21 Å². The number of hydrogen-bond donors (Lipinski definition) is 0. The van der Waals surface area contributed by atoms with E-state index < -0.39 is 11.0 Å². The topological polar surface area (TPSA) is 32.7 Å². The van der Waals surface area contributed by atoms with E-state index >= 15 is 0 Å². The second kappa shape index (κ2) is 5.49. The van der Waals surface area contributed by atoms with Crippen LogP contribution in [0.25, 0.3) is 0 Å². The van der Waals surface area contributed by atoms with Crippen LogP contribution in [0, 0.1) is 12.5 Å². The molecule has 0 N–H and O–H groups in total. The summed E-state index contributed by atoms with van der Waals surface area (Å²) in [5, 5.41) is 0. The monoisotopic (exact) mass is 281 g/mol. The normalized spacial score (nSPS) is 33.7. The van der Waals surface area contributed by atoms with Crippen LogP contribution in [0.1, 0.15) is 46.5 Å². The quantitative estimate of drug-likeness (QED) is 0.586. The Balaban J connectivity index is 2.16. The lowest BCUT2D eigenvalue weighted by Crippen LogP contribution is -2.59. The van der Waals surface area contributed by atoms with Gasteiger partial charge in [0.05, 0.1) is 10.3 Å². The van der Waals surface area contributed by atoms with E-state index in [0.717, 1.165) is 31.8 Å². The third-order valence-corrected chi connectivity index (χ3v) is 5.66. The second-order valence-corrected chi connectivity index (χ2v) is 8.72. The van der Waals surface area contributed by atoms with Crippen molar-refractivity contribution in [3.8, 4) is 0 Å². The fourth-order valence-corrected chi connectivity index (χ4v) is 3.68. The number of hydrogen-bond acceptors (Lipinski definition) is 2. The Hall–Kier alpha value is -0.480. The van der Waals surface area contributed by atoms with Crippen molar-refractivity contribution in [3.63, 3.8) is 0 Å². The lowest BCUT2D eigenvalue weighted by atomic mass is 9.71. The highest BCUT2D eigenvalue weighted by Gasteiger charge is 2.44. The van der Waals surface area contributed by atoms with Gasteiger partial charge < -0.3 is 6.58 Å². The Morgan fingerprint density at radius 3 is 2.58 bits per heavy atom. The molecular weight excluding hydrogens is 256 g/mol. The fraction of sp³-hybridized carbons (Fsp3) is 0.800. The van der Waals surface area contributed by atoms with Gasteiger partial charge in [-0.05, 0) is 58.9 Å². The fourth-order valence-electron chi connectivity index (χ4n) is 3.07. The predicted molar refractivity (Wildman–Crippen MR) is 81.5 cm³/mol. The van der Waals surface area contributed by atoms with Gasteiger partial charge >= 0.3 is 0 Å². The van der Waals surface area contributed by atoms with E-state index in [9.17, 15) is 4.21 Å². The Labute approximate surface area is 119 Å². The van der Waals surface area contributed by atoms with Crippen LogP contribution in [0.4, 0.5) is 0 Å². The molecule has 1 aliphatic carbocycles. The maximum Gasteiger partial charge on any atom is 0.144 e. The average molecular weight is 281 g/mol. The van der Waals surface area contributed by atoms with Gasteiger partial charge in [0.1, 0.15) is 11.0 Å². The van der Waals surface area contributed by atoms with Crippen LogP contribution >= 0.6 is 0 Å². The van der Waals surface area contributed by atoms with Gasteiger partial charge in [-0.3, -0.25) is 11.0 Å². The molecule has 2 saturated heterocycles. The van der Waals surface area contributed by atoms with E-state index in [4.69, 9.17) is 6.58 Å². The van der Waals surface area contributed by atoms with Gasteiger partial charge in [-0.15, -0.1) is 0 Å². The molecule has 2 heterocycles. The van der Waals surface area contributed by atoms with Crippen LogP contribution < -0.4 is 0 Å². The molecular formula is C15H25N2OS-. The molecule has 1 saturated carbocycles. The molecule has 1 atom stereocenters. The molecule has 0 aromatic rings. The highest BCUT2D eigenvalue weighted by Crippen LogP contribution is 2.42. The zero-order chi connectivity index (χ0) is 14.1. The summed E-state index contributed by atoms with van der Waals surface area (Å²) in [5.41, 5.74) is -0.00840. The van der Waals surface area contributed by atoms with Gasteiger partial charge in [0, 0.05) is 12.8 Å². The van der Waals surface area contributed by atoms with Gasteiger partial charge in [0.25, 0.3) is 0 Å². The number of fused-ring (bicyclic) bond motifs is 3.